The highest BCUT2D eigenvalue weighted by atomic mass is 19.4. The van der Waals surface area contributed by atoms with Gasteiger partial charge in [-0.05, 0) is 24.5 Å². The number of alkyl halides is 3. The lowest BCUT2D eigenvalue weighted by Gasteiger charge is -2.43. The van der Waals surface area contributed by atoms with Crippen molar-refractivity contribution >= 4 is 16.8 Å². The van der Waals surface area contributed by atoms with Gasteiger partial charge in [-0.3, -0.25) is 4.79 Å². The minimum atomic E-state index is -4.92. The zero-order chi connectivity index (χ0) is 25.8. The van der Waals surface area contributed by atoms with E-state index in [0.29, 0.717) is 12.8 Å². The average molecular weight is 501 g/mol. The normalized spacial score (nSPS) is 17.7. The number of para-hydroxylation sites is 1. The number of aromatic amines is 1. The van der Waals surface area contributed by atoms with Crippen LogP contribution in [-0.4, -0.2) is 35.6 Å². The zero-order valence-electron chi connectivity index (χ0n) is 21.0. The van der Waals surface area contributed by atoms with E-state index in [1.165, 1.54) is 35.6 Å². The SMILES string of the molecule is CCCCCCCC[C@@H]1c2[nH]c3ccccc3c2CCN1C(=O)[C@](OC)(c1ccccc1)C(F)(F)F. The van der Waals surface area contributed by atoms with Crippen LogP contribution in [0.3, 0.4) is 0 Å². The van der Waals surface area contributed by atoms with E-state index in [2.05, 4.69) is 11.9 Å². The second-order valence-electron chi connectivity index (χ2n) is 9.63. The highest BCUT2D eigenvalue weighted by Gasteiger charge is 2.64. The number of unbranched alkanes of at least 4 members (excludes halogenated alkanes) is 5. The molecule has 0 spiro atoms. The molecule has 0 saturated carbocycles. The average Bonchev–Trinajstić information content (AvgIpc) is 3.25. The molecule has 0 radical (unpaired) electrons. The first-order valence-corrected chi connectivity index (χ1v) is 12.9. The number of fused-ring (bicyclic) bond motifs is 3. The Bertz CT molecular complexity index is 1160. The van der Waals surface area contributed by atoms with E-state index in [4.69, 9.17) is 4.74 Å². The lowest BCUT2D eigenvalue weighted by atomic mass is 9.87. The largest absolute Gasteiger partial charge is 0.430 e. The quantitative estimate of drug-likeness (QED) is 0.294. The van der Waals surface area contributed by atoms with Crippen molar-refractivity contribution in [3.8, 4) is 0 Å². The van der Waals surface area contributed by atoms with Gasteiger partial charge < -0.3 is 14.6 Å². The molecule has 4 rings (SSSR count). The second-order valence-corrected chi connectivity index (χ2v) is 9.63. The Balaban J connectivity index is 1.72. The van der Waals surface area contributed by atoms with Crippen LogP contribution in [0.1, 0.15) is 74.7 Å². The molecular formula is C29H35F3N2O2. The van der Waals surface area contributed by atoms with Gasteiger partial charge in [-0.2, -0.15) is 13.2 Å². The molecular weight excluding hydrogens is 465 g/mol. The smallest absolute Gasteiger partial charge is 0.356 e. The number of ether oxygens (including phenoxy) is 1. The van der Waals surface area contributed by atoms with Gasteiger partial charge in [0.2, 0.25) is 0 Å². The molecule has 0 saturated heterocycles. The summed E-state index contributed by atoms with van der Waals surface area (Å²) in [6.07, 6.45) is 2.56. The molecule has 0 aliphatic carbocycles. The topological polar surface area (TPSA) is 45.3 Å². The molecule has 1 aliphatic heterocycles. The Morgan fingerprint density at radius 3 is 2.36 bits per heavy atom. The van der Waals surface area contributed by atoms with Gasteiger partial charge in [-0.25, -0.2) is 0 Å². The van der Waals surface area contributed by atoms with E-state index >= 15 is 0 Å². The predicted molar refractivity (Wildman–Crippen MR) is 136 cm³/mol. The van der Waals surface area contributed by atoms with Gasteiger partial charge in [-0.1, -0.05) is 94.0 Å². The highest BCUT2D eigenvalue weighted by Crippen LogP contribution is 2.46. The summed E-state index contributed by atoms with van der Waals surface area (Å²) in [6, 6.07) is 14.7. The Kier molecular flexibility index (Phi) is 8.08. The van der Waals surface area contributed by atoms with Gasteiger partial charge in [0.25, 0.3) is 11.5 Å². The molecule has 2 aromatic carbocycles. The van der Waals surface area contributed by atoms with Gasteiger partial charge in [0, 0.05) is 35.8 Å². The van der Waals surface area contributed by atoms with Gasteiger partial charge in [0.05, 0.1) is 6.04 Å². The third kappa shape index (κ3) is 4.77. The van der Waals surface area contributed by atoms with Crippen molar-refractivity contribution in [3.05, 3.63) is 71.4 Å². The van der Waals surface area contributed by atoms with Crippen molar-refractivity contribution in [1.82, 2.24) is 9.88 Å². The standard InChI is InChI=1S/C29H35F3N2O2/c1-3-4-5-6-7-11-18-25-26-23(22-16-12-13-17-24(22)33-26)19-20-34(25)27(35)28(36-2,29(30,31)32)21-14-9-8-10-15-21/h8-10,12-17,25,33H,3-7,11,18-20H2,1-2H3/t25-,28-/m1/s1. The van der Waals surface area contributed by atoms with Crippen LogP contribution in [0.4, 0.5) is 13.2 Å². The third-order valence-electron chi connectivity index (χ3n) is 7.44. The molecule has 0 unspecified atom stereocenters. The minimum Gasteiger partial charge on any atom is -0.356 e. The molecule has 2 heterocycles. The van der Waals surface area contributed by atoms with E-state index < -0.39 is 23.7 Å². The number of halogens is 3. The van der Waals surface area contributed by atoms with Gasteiger partial charge in [0.1, 0.15) is 0 Å². The summed E-state index contributed by atoms with van der Waals surface area (Å²) in [5.74, 6) is -1.05. The maximum Gasteiger partial charge on any atom is 0.430 e. The number of aromatic nitrogens is 1. The van der Waals surface area contributed by atoms with Gasteiger partial charge >= 0.3 is 6.18 Å². The Hall–Kier alpha value is -2.80. The number of amides is 1. The lowest BCUT2D eigenvalue weighted by molar-refractivity contribution is -0.271. The minimum absolute atomic E-state index is 0.203. The fourth-order valence-electron chi connectivity index (χ4n) is 5.58. The van der Waals surface area contributed by atoms with Crippen LogP contribution in [0.5, 0.6) is 0 Å². The highest BCUT2D eigenvalue weighted by molar-refractivity contribution is 5.90. The number of nitrogens with zero attached hydrogens (tertiary/aromatic N) is 1. The number of rotatable bonds is 10. The van der Waals surface area contributed by atoms with E-state index in [1.54, 1.807) is 6.07 Å². The van der Waals surface area contributed by atoms with Crippen LogP contribution in [0, 0.1) is 0 Å². The van der Waals surface area contributed by atoms with Crippen molar-refractivity contribution in [2.24, 2.45) is 0 Å². The van der Waals surface area contributed by atoms with Crippen molar-refractivity contribution in [3.63, 3.8) is 0 Å². The summed E-state index contributed by atoms with van der Waals surface area (Å²) in [4.78, 5) is 18.8. The Morgan fingerprint density at radius 1 is 1.00 bits per heavy atom. The number of hydrogen-bond acceptors (Lipinski definition) is 2. The second kappa shape index (κ2) is 11.1. The van der Waals surface area contributed by atoms with Crippen molar-refractivity contribution in [2.45, 2.75) is 76.1 Å². The monoisotopic (exact) mass is 500 g/mol. The number of nitrogens with one attached hydrogen (secondary N) is 1. The maximum absolute atomic E-state index is 14.7. The zero-order valence-corrected chi connectivity index (χ0v) is 21.0. The van der Waals surface area contributed by atoms with Crippen LogP contribution < -0.4 is 0 Å². The summed E-state index contributed by atoms with van der Waals surface area (Å²) in [7, 11) is 0.972. The fraction of sp³-hybridized carbons (Fsp3) is 0.483. The first-order chi connectivity index (χ1) is 17.3. The molecule has 1 N–H and O–H groups in total. The number of carbonyl (C=O) groups excluding carboxylic acids is 1. The molecule has 0 fully saturated rings. The molecule has 1 amide bonds. The van der Waals surface area contributed by atoms with Crippen LogP contribution in [0.15, 0.2) is 54.6 Å². The van der Waals surface area contributed by atoms with Gasteiger partial charge in [-0.15, -0.1) is 0 Å². The van der Waals surface area contributed by atoms with Crippen molar-refractivity contribution in [2.75, 3.05) is 13.7 Å². The van der Waals surface area contributed by atoms with Crippen molar-refractivity contribution < 1.29 is 22.7 Å². The molecule has 194 valence electrons. The van der Waals surface area contributed by atoms with Crippen LogP contribution in [0.25, 0.3) is 10.9 Å². The Morgan fingerprint density at radius 2 is 1.67 bits per heavy atom. The Labute approximate surface area is 210 Å². The summed E-state index contributed by atoms with van der Waals surface area (Å²) >= 11 is 0. The number of hydrogen-bond donors (Lipinski definition) is 1. The van der Waals surface area contributed by atoms with Crippen LogP contribution in [-0.2, 0) is 21.6 Å². The molecule has 36 heavy (non-hydrogen) atoms. The molecule has 0 bridgehead atoms. The summed E-state index contributed by atoms with van der Waals surface area (Å²) in [5.41, 5.74) is -0.366. The van der Waals surface area contributed by atoms with Gasteiger partial charge in [0.15, 0.2) is 0 Å². The van der Waals surface area contributed by atoms with E-state index in [9.17, 15) is 18.0 Å². The number of methoxy groups -OCH3 is 1. The van der Waals surface area contributed by atoms with E-state index in [1.807, 2.05) is 24.3 Å². The summed E-state index contributed by atoms with van der Waals surface area (Å²) < 4.78 is 49.2. The van der Waals surface area contributed by atoms with E-state index in [0.717, 1.165) is 61.4 Å². The maximum atomic E-state index is 14.7. The van der Waals surface area contributed by atoms with Crippen LogP contribution in [0.2, 0.25) is 0 Å². The van der Waals surface area contributed by atoms with Crippen molar-refractivity contribution in [1.29, 1.82) is 0 Å². The predicted octanol–water partition coefficient (Wildman–Crippen LogP) is 7.45. The first kappa shape index (κ1) is 26.3. The lowest BCUT2D eigenvalue weighted by Crippen LogP contribution is -2.58. The number of H-pyrrole nitrogens is 1. The number of benzene rings is 2. The molecule has 4 nitrogen and oxygen atoms in total. The molecule has 3 aromatic rings. The summed E-state index contributed by atoms with van der Waals surface area (Å²) in [6.45, 7) is 2.38. The molecule has 2 atom stereocenters. The first-order valence-electron chi connectivity index (χ1n) is 12.9. The molecule has 1 aliphatic rings. The summed E-state index contributed by atoms with van der Waals surface area (Å²) in [5, 5.41) is 1.07. The van der Waals surface area contributed by atoms with E-state index in [-0.39, 0.29) is 12.1 Å². The number of carbonyl (C=O) groups is 1. The molecule has 7 heteroatoms. The van der Waals surface area contributed by atoms with Crippen LogP contribution >= 0.6 is 0 Å². The third-order valence-corrected chi connectivity index (χ3v) is 7.44. The molecule has 1 aromatic heterocycles. The fourth-order valence-corrected chi connectivity index (χ4v) is 5.58.